The van der Waals surface area contributed by atoms with Crippen LogP contribution < -0.4 is 4.74 Å². The minimum absolute atomic E-state index is 0.0936. The number of esters is 1. The zero-order valence-electron chi connectivity index (χ0n) is 8.93. The van der Waals surface area contributed by atoms with E-state index in [4.69, 9.17) is 9.84 Å². The van der Waals surface area contributed by atoms with E-state index in [1.807, 2.05) is 6.07 Å². The summed E-state index contributed by atoms with van der Waals surface area (Å²) in [6.45, 7) is -0.0936. The molecule has 1 aliphatic heterocycles. The van der Waals surface area contributed by atoms with E-state index in [1.54, 1.807) is 12.1 Å². The molecule has 0 saturated heterocycles. The molecule has 0 spiro atoms. The van der Waals surface area contributed by atoms with E-state index in [2.05, 4.69) is 15.9 Å². The number of halogens is 1. The van der Waals surface area contributed by atoms with Gasteiger partial charge in [0.05, 0.1) is 17.4 Å². The average molecular weight is 299 g/mol. The lowest BCUT2D eigenvalue weighted by atomic mass is 9.93. The van der Waals surface area contributed by atoms with Crippen molar-refractivity contribution in [2.24, 2.45) is 5.92 Å². The zero-order valence-corrected chi connectivity index (χ0v) is 10.5. The Morgan fingerprint density at radius 3 is 3.00 bits per heavy atom. The lowest BCUT2D eigenvalue weighted by molar-refractivity contribution is -0.140. The first kappa shape index (κ1) is 12.3. The highest BCUT2D eigenvalue weighted by Crippen LogP contribution is 2.31. The van der Waals surface area contributed by atoms with Crippen molar-refractivity contribution in [3.05, 3.63) is 29.3 Å². The fourth-order valence-corrected chi connectivity index (χ4v) is 2.21. The zero-order chi connectivity index (χ0) is 12.4. The highest BCUT2D eigenvalue weighted by Gasteiger charge is 2.33. The highest BCUT2D eigenvalue weighted by atomic mass is 79.9. The Morgan fingerprint density at radius 1 is 1.59 bits per heavy atom. The van der Waals surface area contributed by atoms with Gasteiger partial charge in [-0.3, -0.25) is 4.79 Å². The molecule has 1 aromatic rings. The number of carbonyl (C=O) groups is 2. The maximum absolute atomic E-state index is 11.7. The van der Waals surface area contributed by atoms with Gasteiger partial charge in [-0.15, -0.1) is 0 Å². The Morgan fingerprint density at radius 2 is 2.35 bits per heavy atom. The Hall–Kier alpha value is -1.20. The van der Waals surface area contributed by atoms with Crippen LogP contribution in [0.3, 0.4) is 0 Å². The molecule has 2 rings (SSSR count). The number of ether oxygens (including phenoxy) is 1. The van der Waals surface area contributed by atoms with Crippen molar-refractivity contribution in [2.45, 2.75) is 17.9 Å². The fraction of sp³-hybridized carbons (Fsp3) is 0.333. The Kier molecular flexibility index (Phi) is 3.59. The highest BCUT2D eigenvalue weighted by molar-refractivity contribution is 9.10. The van der Waals surface area contributed by atoms with Crippen LogP contribution in [0, 0.1) is 5.92 Å². The third kappa shape index (κ3) is 2.40. The van der Waals surface area contributed by atoms with E-state index in [-0.39, 0.29) is 6.61 Å². The molecule has 1 heterocycles. The predicted octanol–water partition coefficient (Wildman–Crippen LogP) is 1.22. The monoisotopic (exact) mass is 298 g/mol. The number of carbonyl (C=O) groups excluding carboxylic acids is 2. The van der Waals surface area contributed by atoms with Crippen LogP contribution in [0.25, 0.3) is 0 Å². The summed E-state index contributed by atoms with van der Waals surface area (Å²) >= 11 is 3.15. The number of aliphatic hydroxyl groups excluding tert-OH is 1. The SMILES string of the molecule is O=CC(Br)C1Cc2ccc(CO)cc2OC1=O. The molecule has 5 heteroatoms. The normalized spacial score (nSPS) is 20.4. The second-order valence-electron chi connectivity index (χ2n) is 3.91. The number of rotatable bonds is 3. The van der Waals surface area contributed by atoms with Crippen LogP contribution in [-0.2, 0) is 22.6 Å². The van der Waals surface area contributed by atoms with Crippen molar-refractivity contribution in [1.82, 2.24) is 0 Å². The number of aldehydes is 1. The Bertz CT molecular complexity index is 458. The van der Waals surface area contributed by atoms with Crippen molar-refractivity contribution in [2.75, 3.05) is 0 Å². The maximum atomic E-state index is 11.7. The van der Waals surface area contributed by atoms with Gasteiger partial charge in [-0.05, 0) is 23.6 Å². The molecule has 90 valence electrons. The van der Waals surface area contributed by atoms with Gasteiger partial charge >= 0.3 is 5.97 Å². The summed E-state index contributed by atoms with van der Waals surface area (Å²) in [5.74, 6) is -0.426. The average Bonchev–Trinajstić information content (AvgIpc) is 2.36. The summed E-state index contributed by atoms with van der Waals surface area (Å²) in [5, 5.41) is 8.99. The van der Waals surface area contributed by atoms with Crippen LogP contribution in [0.15, 0.2) is 18.2 Å². The first-order valence-corrected chi connectivity index (χ1v) is 6.11. The van der Waals surface area contributed by atoms with Crippen LogP contribution in [-0.4, -0.2) is 22.2 Å². The largest absolute Gasteiger partial charge is 0.426 e. The molecule has 0 saturated carbocycles. The van der Waals surface area contributed by atoms with E-state index in [0.29, 0.717) is 24.0 Å². The van der Waals surface area contributed by atoms with Crippen LogP contribution in [0.5, 0.6) is 5.75 Å². The van der Waals surface area contributed by atoms with Gasteiger partial charge in [-0.2, -0.15) is 0 Å². The van der Waals surface area contributed by atoms with E-state index >= 15 is 0 Å². The first-order valence-electron chi connectivity index (χ1n) is 5.19. The van der Waals surface area contributed by atoms with Crippen LogP contribution in [0.2, 0.25) is 0 Å². The maximum Gasteiger partial charge on any atom is 0.316 e. The van der Waals surface area contributed by atoms with Gasteiger partial charge < -0.3 is 14.6 Å². The van der Waals surface area contributed by atoms with Crippen molar-refractivity contribution in [3.63, 3.8) is 0 Å². The molecule has 4 nitrogen and oxygen atoms in total. The number of aliphatic hydroxyl groups is 1. The third-order valence-corrected chi connectivity index (χ3v) is 3.64. The molecular formula is C12H11BrO4. The van der Waals surface area contributed by atoms with E-state index in [9.17, 15) is 9.59 Å². The third-order valence-electron chi connectivity index (χ3n) is 2.78. The number of alkyl halides is 1. The minimum Gasteiger partial charge on any atom is -0.426 e. The first-order chi connectivity index (χ1) is 8.15. The molecule has 17 heavy (non-hydrogen) atoms. The van der Waals surface area contributed by atoms with Crippen molar-refractivity contribution in [3.8, 4) is 5.75 Å². The predicted molar refractivity (Wildman–Crippen MR) is 64.0 cm³/mol. The molecule has 1 aliphatic rings. The van der Waals surface area contributed by atoms with Gasteiger partial charge in [-0.1, -0.05) is 28.1 Å². The lowest BCUT2D eigenvalue weighted by Crippen LogP contribution is -2.34. The molecule has 0 aromatic heterocycles. The topological polar surface area (TPSA) is 63.6 Å². The van der Waals surface area contributed by atoms with Crippen molar-refractivity contribution >= 4 is 28.2 Å². The Labute approximate surface area is 107 Å². The van der Waals surface area contributed by atoms with Gasteiger partial charge in [0.25, 0.3) is 0 Å². The molecule has 0 radical (unpaired) electrons. The lowest BCUT2D eigenvalue weighted by Gasteiger charge is -2.24. The van der Waals surface area contributed by atoms with Gasteiger partial charge in [0.2, 0.25) is 0 Å². The quantitative estimate of drug-likeness (QED) is 0.394. The summed E-state index contributed by atoms with van der Waals surface area (Å²) in [6, 6.07) is 5.23. The van der Waals surface area contributed by atoms with E-state index in [0.717, 1.165) is 5.56 Å². The number of hydrogen-bond donors (Lipinski definition) is 1. The summed E-state index contributed by atoms with van der Waals surface area (Å²) in [6.07, 6.45) is 1.16. The molecule has 2 unspecified atom stereocenters. The molecule has 1 aromatic carbocycles. The van der Waals surface area contributed by atoms with Crippen LogP contribution in [0.1, 0.15) is 11.1 Å². The molecule has 0 amide bonds. The van der Waals surface area contributed by atoms with Crippen molar-refractivity contribution < 1.29 is 19.4 Å². The molecular weight excluding hydrogens is 288 g/mol. The van der Waals surface area contributed by atoms with Gasteiger partial charge in [0.15, 0.2) is 0 Å². The molecule has 0 aliphatic carbocycles. The van der Waals surface area contributed by atoms with Gasteiger partial charge in [0, 0.05) is 0 Å². The summed E-state index contributed by atoms with van der Waals surface area (Å²) in [7, 11) is 0. The number of fused-ring (bicyclic) bond motifs is 1. The van der Waals surface area contributed by atoms with Crippen LogP contribution in [0.4, 0.5) is 0 Å². The second kappa shape index (κ2) is 4.98. The molecule has 2 atom stereocenters. The summed E-state index contributed by atoms with van der Waals surface area (Å²) in [4.78, 5) is 21.8. The molecule has 1 N–H and O–H groups in total. The minimum atomic E-state index is -0.527. The van der Waals surface area contributed by atoms with Gasteiger partial charge in [-0.25, -0.2) is 0 Å². The van der Waals surface area contributed by atoms with E-state index in [1.165, 1.54) is 0 Å². The summed E-state index contributed by atoms with van der Waals surface area (Å²) < 4.78 is 5.17. The van der Waals surface area contributed by atoms with Gasteiger partial charge in [0.1, 0.15) is 12.0 Å². The molecule has 0 fully saturated rings. The number of hydrogen-bond acceptors (Lipinski definition) is 4. The molecule has 0 bridgehead atoms. The summed E-state index contributed by atoms with van der Waals surface area (Å²) in [5.41, 5.74) is 1.57. The smallest absolute Gasteiger partial charge is 0.316 e. The van der Waals surface area contributed by atoms with Crippen molar-refractivity contribution in [1.29, 1.82) is 0 Å². The second-order valence-corrected chi connectivity index (χ2v) is 4.97. The Balaban J connectivity index is 2.29. The van der Waals surface area contributed by atoms with Crippen LogP contribution >= 0.6 is 15.9 Å². The fourth-order valence-electron chi connectivity index (χ4n) is 1.80. The standard InChI is InChI=1S/C12H11BrO4/c13-10(6-15)9-4-8-2-1-7(5-14)3-11(8)17-12(9)16/h1-3,6,9-10,14H,4-5H2. The number of benzene rings is 1. The van der Waals surface area contributed by atoms with E-state index < -0.39 is 16.7 Å².